The van der Waals surface area contributed by atoms with Crippen LogP contribution >= 0.6 is 23.2 Å². The summed E-state index contributed by atoms with van der Waals surface area (Å²) < 4.78 is 45.9. The van der Waals surface area contributed by atoms with Crippen molar-refractivity contribution in [3.05, 3.63) is 63.9 Å². The lowest BCUT2D eigenvalue weighted by Gasteiger charge is -2.13. The fraction of sp³-hybridized carbons (Fsp3) is 0.222. The molecule has 1 saturated carbocycles. The van der Waals surface area contributed by atoms with Gasteiger partial charge in [-0.15, -0.1) is 13.2 Å². The van der Waals surface area contributed by atoms with Crippen molar-refractivity contribution >= 4 is 23.2 Å². The molecular formula is C18H11Cl2F3N2O2. The van der Waals surface area contributed by atoms with Gasteiger partial charge in [0.25, 0.3) is 5.89 Å². The minimum atomic E-state index is -4.74. The second-order valence-corrected chi connectivity index (χ2v) is 7.05. The standard InChI is InChI=1S/C18H11Cl2F3N2O2/c19-11-3-6-13(14(20)9-11)17(7-8-17)16-24-15(27-25-16)10-1-4-12(5-2-10)26-18(21,22)23/h1-6,9H,7-8H2. The van der Waals surface area contributed by atoms with Crippen LogP contribution in [0.15, 0.2) is 47.0 Å². The molecular weight excluding hydrogens is 404 g/mol. The zero-order valence-corrected chi connectivity index (χ0v) is 15.1. The van der Waals surface area contributed by atoms with Crippen LogP contribution in [0.1, 0.15) is 24.2 Å². The Kier molecular flexibility index (Phi) is 4.31. The van der Waals surface area contributed by atoms with E-state index in [4.69, 9.17) is 27.7 Å². The number of hydrogen-bond donors (Lipinski definition) is 0. The van der Waals surface area contributed by atoms with E-state index in [0.717, 1.165) is 18.4 Å². The van der Waals surface area contributed by atoms with Gasteiger partial charge in [-0.25, -0.2) is 0 Å². The maximum Gasteiger partial charge on any atom is 0.573 e. The summed E-state index contributed by atoms with van der Waals surface area (Å²) in [4.78, 5) is 4.43. The fourth-order valence-corrected chi connectivity index (χ4v) is 3.54. The van der Waals surface area contributed by atoms with E-state index in [0.29, 0.717) is 21.4 Å². The van der Waals surface area contributed by atoms with Crippen LogP contribution in [0.2, 0.25) is 10.0 Å². The Morgan fingerprint density at radius 2 is 1.74 bits per heavy atom. The first-order chi connectivity index (χ1) is 12.8. The summed E-state index contributed by atoms with van der Waals surface area (Å²) in [5, 5.41) is 5.12. The van der Waals surface area contributed by atoms with Gasteiger partial charge in [0.2, 0.25) is 0 Å². The molecule has 1 heterocycles. The molecule has 1 fully saturated rings. The second-order valence-electron chi connectivity index (χ2n) is 6.20. The number of benzene rings is 2. The molecule has 0 amide bonds. The van der Waals surface area contributed by atoms with Gasteiger partial charge in [-0.2, -0.15) is 4.98 Å². The largest absolute Gasteiger partial charge is 0.573 e. The van der Waals surface area contributed by atoms with Crippen LogP contribution < -0.4 is 4.74 Å². The van der Waals surface area contributed by atoms with E-state index in [1.165, 1.54) is 24.3 Å². The van der Waals surface area contributed by atoms with Gasteiger partial charge in [-0.05, 0) is 54.8 Å². The van der Waals surface area contributed by atoms with E-state index < -0.39 is 11.8 Å². The number of hydrogen-bond acceptors (Lipinski definition) is 4. The molecule has 2 aromatic carbocycles. The van der Waals surface area contributed by atoms with E-state index in [1.807, 2.05) is 6.07 Å². The summed E-state index contributed by atoms with van der Waals surface area (Å²) in [6, 6.07) is 10.5. The lowest BCUT2D eigenvalue weighted by Crippen LogP contribution is -2.16. The van der Waals surface area contributed by atoms with Gasteiger partial charge in [-0.3, -0.25) is 0 Å². The lowest BCUT2D eigenvalue weighted by atomic mass is 9.95. The number of ether oxygens (including phenoxy) is 1. The van der Waals surface area contributed by atoms with Crippen molar-refractivity contribution in [2.24, 2.45) is 0 Å². The zero-order chi connectivity index (χ0) is 19.2. The van der Waals surface area contributed by atoms with Crippen molar-refractivity contribution in [3.8, 4) is 17.2 Å². The van der Waals surface area contributed by atoms with Crippen molar-refractivity contribution < 1.29 is 22.4 Å². The molecule has 27 heavy (non-hydrogen) atoms. The molecule has 9 heteroatoms. The Balaban J connectivity index is 1.60. The predicted octanol–water partition coefficient (Wildman–Crippen LogP) is 6.02. The molecule has 4 rings (SSSR count). The smallest absolute Gasteiger partial charge is 0.406 e. The number of alkyl halides is 3. The molecule has 1 aliphatic rings. The van der Waals surface area contributed by atoms with E-state index in [1.54, 1.807) is 12.1 Å². The van der Waals surface area contributed by atoms with Gasteiger partial charge in [-0.1, -0.05) is 34.4 Å². The average Bonchev–Trinajstić information content (AvgIpc) is 3.23. The molecule has 1 aromatic heterocycles. The fourth-order valence-electron chi connectivity index (χ4n) is 2.95. The highest BCUT2D eigenvalue weighted by Gasteiger charge is 2.51. The number of halogens is 5. The maximum atomic E-state index is 12.2. The Bertz CT molecular complexity index is 983. The Hall–Kier alpha value is -2.25. The first-order valence-corrected chi connectivity index (χ1v) is 8.68. The molecule has 4 nitrogen and oxygen atoms in total. The minimum Gasteiger partial charge on any atom is -0.406 e. The van der Waals surface area contributed by atoms with E-state index in [-0.39, 0.29) is 11.6 Å². The number of aromatic nitrogens is 2. The van der Waals surface area contributed by atoms with Crippen LogP contribution in [-0.4, -0.2) is 16.5 Å². The Labute approximate surface area is 161 Å². The zero-order valence-electron chi connectivity index (χ0n) is 13.6. The van der Waals surface area contributed by atoms with Gasteiger partial charge < -0.3 is 9.26 Å². The quantitative estimate of drug-likeness (QED) is 0.523. The van der Waals surface area contributed by atoms with E-state index in [2.05, 4.69) is 14.9 Å². The first-order valence-electron chi connectivity index (χ1n) is 7.93. The second kappa shape index (κ2) is 6.42. The summed E-state index contributed by atoms with van der Waals surface area (Å²) >= 11 is 12.3. The molecule has 0 N–H and O–H groups in total. The highest BCUT2D eigenvalue weighted by Crippen LogP contribution is 2.54. The Morgan fingerprint density at radius 3 is 2.33 bits per heavy atom. The van der Waals surface area contributed by atoms with Crippen LogP contribution in [0.3, 0.4) is 0 Å². The van der Waals surface area contributed by atoms with Crippen molar-refractivity contribution in [3.63, 3.8) is 0 Å². The molecule has 3 aromatic rings. The highest BCUT2D eigenvalue weighted by atomic mass is 35.5. The van der Waals surface area contributed by atoms with Crippen molar-refractivity contribution in [2.45, 2.75) is 24.6 Å². The van der Waals surface area contributed by atoms with Gasteiger partial charge in [0.05, 0.1) is 5.41 Å². The third kappa shape index (κ3) is 3.61. The molecule has 0 spiro atoms. The van der Waals surface area contributed by atoms with Gasteiger partial charge in [0.1, 0.15) is 5.75 Å². The van der Waals surface area contributed by atoms with Gasteiger partial charge in [0, 0.05) is 15.6 Å². The third-order valence-corrected chi connectivity index (χ3v) is 4.93. The molecule has 0 bridgehead atoms. The molecule has 1 aliphatic carbocycles. The minimum absolute atomic E-state index is 0.208. The number of rotatable bonds is 4. The molecule has 0 saturated heterocycles. The van der Waals surface area contributed by atoms with Crippen LogP contribution in [0.5, 0.6) is 5.75 Å². The monoisotopic (exact) mass is 414 g/mol. The Morgan fingerprint density at radius 1 is 1.04 bits per heavy atom. The predicted molar refractivity (Wildman–Crippen MR) is 92.9 cm³/mol. The molecule has 140 valence electrons. The van der Waals surface area contributed by atoms with Crippen LogP contribution in [0.25, 0.3) is 11.5 Å². The summed E-state index contributed by atoms with van der Waals surface area (Å²) in [6.45, 7) is 0. The molecule has 0 unspecified atom stereocenters. The molecule has 0 radical (unpaired) electrons. The van der Waals surface area contributed by atoms with E-state index >= 15 is 0 Å². The topological polar surface area (TPSA) is 48.2 Å². The van der Waals surface area contributed by atoms with Crippen molar-refractivity contribution in [1.82, 2.24) is 10.1 Å². The van der Waals surface area contributed by atoms with Gasteiger partial charge in [0.15, 0.2) is 5.82 Å². The van der Waals surface area contributed by atoms with Crippen LogP contribution in [-0.2, 0) is 5.41 Å². The summed E-state index contributed by atoms with van der Waals surface area (Å²) in [5.41, 5.74) is 0.930. The third-order valence-electron chi connectivity index (χ3n) is 4.39. The average molecular weight is 415 g/mol. The maximum absolute atomic E-state index is 12.2. The van der Waals surface area contributed by atoms with Crippen LogP contribution in [0, 0.1) is 0 Å². The molecule has 0 atom stereocenters. The molecule has 0 aliphatic heterocycles. The normalized spacial score (nSPS) is 15.6. The highest BCUT2D eigenvalue weighted by molar-refractivity contribution is 6.35. The summed E-state index contributed by atoms with van der Waals surface area (Å²) in [7, 11) is 0. The van der Waals surface area contributed by atoms with E-state index in [9.17, 15) is 13.2 Å². The van der Waals surface area contributed by atoms with Crippen molar-refractivity contribution in [2.75, 3.05) is 0 Å². The van der Waals surface area contributed by atoms with Crippen molar-refractivity contribution in [1.29, 1.82) is 0 Å². The summed E-state index contributed by atoms with van der Waals surface area (Å²) in [5.74, 6) is 0.370. The lowest BCUT2D eigenvalue weighted by molar-refractivity contribution is -0.274. The number of nitrogens with zero attached hydrogens (tertiary/aromatic N) is 2. The summed E-state index contributed by atoms with van der Waals surface area (Å²) in [6.07, 6.45) is -3.12. The first kappa shape index (κ1) is 18.1. The van der Waals surface area contributed by atoms with Crippen LogP contribution in [0.4, 0.5) is 13.2 Å². The SMILES string of the molecule is FC(F)(F)Oc1ccc(-c2nc(C3(c4ccc(Cl)cc4Cl)CC3)no2)cc1. The van der Waals surface area contributed by atoms with Gasteiger partial charge >= 0.3 is 6.36 Å².